The van der Waals surface area contributed by atoms with Crippen LogP contribution in [0.25, 0.3) is 0 Å². The van der Waals surface area contributed by atoms with Gasteiger partial charge in [0.2, 0.25) is 5.91 Å². The van der Waals surface area contributed by atoms with Crippen LogP contribution in [0.15, 0.2) is 84.9 Å². The van der Waals surface area contributed by atoms with E-state index in [0.717, 1.165) is 22.3 Å². The summed E-state index contributed by atoms with van der Waals surface area (Å²) in [5, 5.41) is 17.6. The molecule has 3 N–H and O–H groups in total. The van der Waals surface area contributed by atoms with Gasteiger partial charge in [-0.15, -0.1) is 0 Å². The third kappa shape index (κ3) is 3.98. The molecule has 0 spiro atoms. The number of fused-ring (bicyclic) bond motifs is 1. The maximum atomic E-state index is 12.8. The quantitative estimate of drug-likeness (QED) is 0.644. The lowest BCUT2D eigenvalue weighted by Crippen LogP contribution is -2.46. The average molecular weight is 372 g/mol. The van der Waals surface area contributed by atoms with Gasteiger partial charge in [-0.25, -0.2) is 0 Å². The van der Waals surface area contributed by atoms with E-state index in [0.29, 0.717) is 13.0 Å². The first-order chi connectivity index (χ1) is 13.7. The molecule has 3 aromatic carbocycles. The number of benzene rings is 3. The Hall–Kier alpha value is -2.95. The van der Waals surface area contributed by atoms with Gasteiger partial charge >= 0.3 is 0 Å². The molecule has 1 unspecified atom stereocenters. The standard InChI is InChI=1S/C24H24N2O2/c27-23(18-11-5-2-6-12-18)22(17-9-3-1-4-10-17)26-21-15-19-13-7-8-14-20(19)16-25-24(21)28/h1-14,21-23,26-27H,15-16H2,(H,25,28)/t21-,22?,23-/m1/s1. The predicted molar refractivity (Wildman–Crippen MR) is 110 cm³/mol. The summed E-state index contributed by atoms with van der Waals surface area (Å²) in [5.74, 6) is -0.0441. The van der Waals surface area contributed by atoms with Gasteiger partial charge in [0.15, 0.2) is 0 Å². The van der Waals surface area contributed by atoms with Crippen LogP contribution in [0.4, 0.5) is 0 Å². The highest BCUT2D eigenvalue weighted by molar-refractivity contribution is 5.83. The molecule has 0 aromatic heterocycles. The molecule has 0 saturated carbocycles. The van der Waals surface area contributed by atoms with E-state index in [9.17, 15) is 9.90 Å². The molecule has 4 nitrogen and oxygen atoms in total. The normalized spacial score (nSPS) is 18.5. The molecule has 0 bridgehead atoms. The monoisotopic (exact) mass is 372 g/mol. The number of aliphatic hydroxyl groups is 1. The van der Waals surface area contributed by atoms with Crippen LogP contribution >= 0.6 is 0 Å². The van der Waals surface area contributed by atoms with Gasteiger partial charge in [-0.3, -0.25) is 10.1 Å². The first-order valence-corrected chi connectivity index (χ1v) is 9.61. The van der Waals surface area contributed by atoms with Gasteiger partial charge in [0.1, 0.15) is 0 Å². The molecule has 0 radical (unpaired) electrons. The minimum absolute atomic E-state index is 0.0441. The molecule has 1 aliphatic heterocycles. The van der Waals surface area contributed by atoms with Gasteiger partial charge in [0.25, 0.3) is 0 Å². The Balaban J connectivity index is 1.64. The van der Waals surface area contributed by atoms with E-state index < -0.39 is 18.2 Å². The number of amides is 1. The van der Waals surface area contributed by atoms with Gasteiger partial charge < -0.3 is 10.4 Å². The lowest BCUT2D eigenvalue weighted by molar-refractivity contribution is -0.123. The van der Waals surface area contributed by atoms with E-state index in [1.807, 2.05) is 78.9 Å². The van der Waals surface area contributed by atoms with E-state index in [2.05, 4.69) is 16.7 Å². The summed E-state index contributed by atoms with van der Waals surface area (Å²) in [4.78, 5) is 12.8. The second-order valence-electron chi connectivity index (χ2n) is 7.15. The Morgan fingerprint density at radius 3 is 2.07 bits per heavy atom. The Kier molecular flexibility index (Phi) is 5.51. The first kappa shape index (κ1) is 18.4. The van der Waals surface area contributed by atoms with Crippen molar-refractivity contribution < 1.29 is 9.90 Å². The molecule has 3 aromatic rings. The minimum Gasteiger partial charge on any atom is -0.386 e. The Labute approximate surface area is 165 Å². The fraction of sp³-hybridized carbons (Fsp3) is 0.208. The lowest BCUT2D eigenvalue weighted by Gasteiger charge is -2.29. The van der Waals surface area contributed by atoms with Crippen LogP contribution in [0.2, 0.25) is 0 Å². The molecule has 3 atom stereocenters. The van der Waals surface area contributed by atoms with Crippen molar-refractivity contribution in [2.75, 3.05) is 0 Å². The molecule has 28 heavy (non-hydrogen) atoms. The van der Waals surface area contributed by atoms with Gasteiger partial charge in [0.05, 0.1) is 18.2 Å². The van der Waals surface area contributed by atoms with Crippen molar-refractivity contribution >= 4 is 5.91 Å². The summed E-state index contributed by atoms with van der Waals surface area (Å²) in [6.07, 6.45) is -0.178. The van der Waals surface area contributed by atoms with Crippen molar-refractivity contribution in [2.45, 2.75) is 31.2 Å². The van der Waals surface area contributed by atoms with Crippen LogP contribution in [0.1, 0.15) is 34.4 Å². The zero-order valence-electron chi connectivity index (χ0n) is 15.6. The van der Waals surface area contributed by atoms with Gasteiger partial charge in [-0.05, 0) is 28.7 Å². The molecular formula is C24H24N2O2. The van der Waals surface area contributed by atoms with Crippen molar-refractivity contribution in [2.24, 2.45) is 0 Å². The lowest BCUT2D eigenvalue weighted by atomic mass is 9.93. The minimum atomic E-state index is -0.769. The fourth-order valence-electron chi connectivity index (χ4n) is 3.77. The van der Waals surface area contributed by atoms with Crippen LogP contribution in [-0.4, -0.2) is 17.1 Å². The number of carbonyl (C=O) groups excluding carboxylic acids is 1. The number of rotatable bonds is 5. The van der Waals surface area contributed by atoms with E-state index in [-0.39, 0.29) is 5.91 Å². The van der Waals surface area contributed by atoms with Crippen LogP contribution in [0.5, 0.6) is 0 Å². The van der Waals surface area contributed by atoms with Crippen molar-refractivity contribution in [3.8, 4) is 0 Å². The molecule has 142 valence electrons. The number of carbonyl (C=O) groups is 1. The van der Waals surface area contributed by atoms with E-state index in [1.54, 1.807) is 0 Å². The number of hydrogen-bond donors (Lipinski definition) is 3. The van der Waals surface area contributed by atoms with E-state index in [1.165, 1.54) is 0 Å². The number of hydrogen-bond acceptors (Lipinski definition) is 3. The van der Waals surface area contributed by atoms with Gasteiger partial charge in [-0.1, -0.05) is 84.9 Å². The van der Waals surface area contributed by atoms with Crippen LogP contribution < -0.4 is 10.6 Å². The van der Waals surface area contributed by atoms with Crippen molar-refractivity contribution in [3.63, 3.8) is 0 Å². The molecule has 1 amide bonds. The summed E-state index contributed by atoms with van der Waals surface area (Å²) in [6, 6.07) is 26.6. The maximum Gasteiger partial charge on any atom is 0.237 e. The molecule has 0 fully saturated rings. The summed E-state index contributed by atoms with van der Waals surface area (Å²) in [7, 11) is 0. The highest BCUT2D eigenvalue weighted by Crippen LogP contribution is 2.30. The van der Waals surface area contributed by atoms with E-state index in [4.69, 9.17) is 0 Å². The number of aliphatic hydroxyl groups excluding tert-OH is 1. The summed E-state index contributed by atoms with van der Waals surface area (Å²) < 4.78 is 0. The van der Waals surface area contributed by atoms with Gasteiger partial charge in [-0.2, -0.15) is 0 Å². The van der Waals surface area contributed by atoms with Crippen LogP contribution in [-0.2, 0) is 17.8 Å². The first-order valence-electron chi connectivity index (χ1n) is 9.61. The Morgan fingerprint density at radius 2 is 1.39 bits per heavy atom. The highest BCUT2D eigenvalue weighted by atomic mass is 16.3. The summed E-state index contributed by atoms with van der Waals surface area (Å²) in [5.41, 5.74) is 4.06. The molecular weight excluding hydrogens is 348 g/mol. The number of nitrogens with one attached hydrogen (secondary N) is 2. The zero-order chi connectivity index (χ0) is 19.3. The predicted octanol–water partition coefficient (Wildman–Crippen LogP) is 3.29. The van der Waals surface area contributed by atoms with Crippen molar-refractivity contribution in [1.82, 2.24) is 10.6 Å². The van der Waals surface area contributed by atoms with Crippen molar-refractivity contribution in [3.05, 3.63) is 107 Å². The topological polar surface area (TPSA) is 61.4 Å². The third-order valence-corrected chi connectivity index (χ3v) is 5.31. The molecule has 0 saturated heterocycles. The van der Waals surface area contributed by atoms with Crippen LogP contribution in [0.3, 0.4) is 0 Å². The second-order valence-corrected chi connectivity index (χ2v) is 7.15. The summed E-state index contributed by atoms with van der Waals surface area (Å²) >= 11 is 0. The maximum absolute atomic E-state index is 12.8. The average Bonchev–Trinajstić information content (AvgIpc) is 2.91. The third-order valence-electron chi connectivity index (χ3n) is 5.31. The second kappa shape index (κ2) is 8.38. The zero-order valence-corrected chi connectivity index (χ0v) is 15.6. The smallest absolute Gasteiger partial charge is 0.237 e. The molecule has 1 heterocycles. The largest absolute Gasteiger partial charge is 0.386 e. The molecule has 0 aliphatic carbocycles. The SMILES string of the molecule is O=C1NCc2ccccc2C[C@H]1NC(c1ccccc1)[C@H](O)c1ccccc1. The highest BCUT2D eigenvalue weighted by Gasteiger charge is 2.30. The van der Waals surface area contributed by atoms with E-state index >= 15 is 0 Å². The van der Waals surface area contributed by atoms with Gasteiger partial charge in [0, 0.05) is 6.54 Å². The van der Waals surface area contributed by atoms with Crippen molar-refractivity contribution in [1.29, 1.82) is 0 Å². The molecule has 4 heteroatoms. The molecule has 4 rings (SSSR count). The fourth-order valence-corrected chi connectivity index (χ4v) is 3.77. The summed E-state index contributed by atoms with van der Waals surface area (Å²) in [6.45, 7) is 0.532. The Bertz CT molecular complexity index is 928. The van der Waals surface area contributed by atoms with Crippen LogP contribution in [0, 0.1) is 0 Å². The molecule has 1 aliphatic rings. The Morgan fingerprint density at radius 1 is 0.821 bits per heavy atom.